The van der Waals surface area contributed by atoms with Crippen LogP contribution in [0.1, 0.15) is 58.8 Å². The van der Waals surface area contributed by atoms with E-state index in [4.69, 9.17) is 5.73 Å². The van der Waals surface area contributed by atoms with E-state index < -0.39 is 0 Å². The van der Waals surface area contributed by atoms with E-state index >= 15 is 0 Å². The zero-order valence-corrected chi connectivity index (χ0v) is 18.6. The molecule has 0 aliphatic heterocycles. The lowest BCUT2D eigenvalue weighted by Gasteiger charge is -2.24. The summed E-state index contributed by atoms with van der Waals surface area (Å²) in [6.45, 7) is 11.4. The van der Waals surface area contributed by atoms with Gasteiger partial charge in [-0.3, -0.25) is 14.8 Å². The first-order chi connectivity index (χ1) is 14.1. The summed E-state index contributed by atoms with van der Waals surface area (Å²) in [7, 11) is 0. The van der Waals surface area contributed by atoms with Gasteiger partial charge in [0.1, 0.15) is 17.2 Å². The molecule has 0 bridgehead atoms. The van der Waals surface area contributed by atoms with Crippen molar-refractivity contribution in [2.24, 2.45) is 5.10 Å². The molecule has 0 unspecified atom stereocenters. The van der Waals surface area contributed by atoms with Crippen LogP contribution in [-0.2, 0) is 4.79 Å². The maximum absolute atomic E-state index is 12.6. The van der Waals surface area contributed by atoms with Gasteiger partial charge in [0.2, 0.25) is 0 Å². The summed E-state index contributed by atoms with van der Waals surface area (Å²) in [5.74, 6) is 0.153. The molecule has 2 heterocycles. The number of rotatable bonds is 7. The molecule has 160 valence electrons. The van der Waals surface area contributed by atoms with E-state index in [-0.39, 0.29) is 11.4 Å². The van der Waals surface area contributed by atoms with Crippen molar-refractivity contribution in [1.29, 1.82) is 0 Å². The van der Waals surface area contributed by atoms with Crippen molar-refractivity contribution < 1.29 is 4.79 Å². The first kappa shape index (κ1) is 23.0. The number of hydrogen-bond donors (Lipinski definition) is 2. The zero-order valence-electron chi connectivity index (χ0n) is 18.6. The second kappa shape index (κ2) is 9.96. The minimum atomic E-state index is -0.370. The van der Waals surface area contributed by atoms with Crippen LogP contribution in [0.4, 0.5) is 11.5 Å². The standard InChI is InChI=1S/C22H31N7O/c1-7-8-9-19(18-14-24-15(2)12-25-18)29(17-10-11-20(23)26-13-17)28-16(3)21(30)27-22(4,5)6/h9-14H,7-8H2,1-6H3,(H2,23,26)(H,27,30)/b19-9+,28-16+. The summed E-state index contributed by atoms with van der Waals surface area (Å²) >= 11 is 0. The molecule has 3 N–H and O–H groups in total. The molecule has 0 saturated heterocycles. The van der Waals surface area contributed by atoms with Crippen molar-refractivity contribution in [2.45, 2.75) is 59.9 Å². The van der Waals surface area contributed by atoms with Crippen LogP contribution in [0.2, 0.25) is 0 Å². The van der Waals surface area contributed by atoms with Gasteiger partial charge < -0.3 is 11.1 Å². The van der Waals surface area contributed by atoms with Gasteiger partial charge in [0, 0.05) is 11.7 Å². The van der Waals surface area contributed by atoms with Crippen molar-refractivity contribution in [3.63, 3.8) is 0 Å². The van der Waals surface area contributed by atoms with Crippen molar-refractivity contribution in [2.75, 3.05) is 10.7 Å². The Balaban J connectivity index is 2.57. The maximum atomic E-state index is 12.6. The smallest absolute Gasteiger partial charge is 0.267 e. The third-order valence-corrected chi connectivity index (χ3v) is 3.98. The maximum Gasteiger partial charge on any atom is 0.267 e. The monoisotopic (exact) mass is 409 g/mol. The van der Waals surface area contributed by atoms with Crippen molar-refractivity contribution >= 4 is 28.8 Å². The predicted molar refractivity (Wildman–Crippen MR) is 122 cm³/mol. The lowest BCUT2D eigenvalue weighted by Crippen LogP contribution is -2.44. The molecule has 0 atom stereocenters. The number of amides is 1. The molecule has 1 amide bonds. The number of hydrazone groups is 1. The molecular formula is C22H31N7O. The first-order valence-corrected chi connectivity index (χ1v) is 9.99. The van der Waals surface area contributed by atoms with Gasteiger partial charge in [-0.25, -0.2) is 9.99 Å². The second-order valence-electron chi connectivity index (χ2n) is 8.06. The quantitative estimate of drug-likeness (QED) is 0.533. The third-order valence-electron chi connectivity index (χ3n) is 3.98. The number of carbonyl (C=O) groups excluding carboxylic acids is 1. The Morgan fingerprint density at radius 2 is 1.93 bits per heavy atom. The van der Waals surface area contributed by atoms with Crippen LogP contribution in [0.25, 0.3) is 5.70 Å². The third kappa shape index (κ3) is 6.65. The molecule has 0 spiro atoms. The van der Waals surface area contributed by atoms with E-state index in [0.29, 0.717) is 22.9 Å². The number of unbranched alkanes of at least 4 members (excludes halogenated alkanes) is 1. The van der Waals surface area contributed by atoms with E-state index in [0.717, 1.165) is 24.2 Å². The molecular weight excluding hydrogens is 378 g/mol. The number of nitrogens with two attached hydrogens (primary N) is 1. The van der Waals surface area contributed by atoms with E-state index in [2.05, 4.69) is 32.3 Å². The summed E-state index contributed by atoms with van der Waals surface area (Å²) in [6, 6.07) is 3.50. The van der Waals surface area contributed by atoms with E-state index in [1.54, 1.807) is 36.6 Å². The highest BCUT2D eigenvalue weighted by atomic mass is 16.2. The largest absolute Gasteiger partial charge is 0.384 e. The Bertz CT molecular complexity index is 910. The van der Waals surface area contributed by atoms with Gasteiger partial charge in [0.05, 0.1) is 29.5 Å². The molecule has 0 fully saturated rings. The Morgan fingerprint density at radius 1 is 1.20 bits per heavy atom. The minimum Gasteiger partial charge on any atom is -0.384 e. The highest BCUT2D eigenvalue weighted by molar-refractivity contribution is 6.38. The number of nitrogens with one attached hydrogen (secondary N) is 1. The van der Waals surface area contributed by atoms with Crippen LogP contribution >= 0.6 is 0 Å². The van der Waals surface area contributed by atoms with Gasteiger partial charge in [-0.05, 0) is 53.2 Å². The van der Waals surface area contributed by atoms with Gasteiger partial charge >= 0.3 is 0 Å². The number of anilines is 2. The molecule has 0 aliphatic carbocycles. The first-order valence-electron chi connectivity index (χ1n) is 9.99. The highest BCUT2D eigenvalue weighted by Crippen LogP contribution is 2.26. The number of nitrogen functional groups attached to an aromatic ring is 1. The fraction of sp³-hybridized carbons (Fsp3) is 0.409. The van der Waals surface area contributed by atoms with E-state index in [9.17, 15) is 4.79 Å². The van der Waals surface area contributed by atoms with Gasteiger partial charge in [-0.2, -0.15) is 5.10 Å². The fourth-order valence-corrected chi connectivity index (χ4v) is 2.51. The summed E-state index contributed by atoms with van der Waals surface area (Å²) in [5, 5.41) is 9.23. The van der Waals surface area contributed by atoms with Gasteiger partial charge in [0.25, 0.3) is 5.91 Å². The molecule has 2 rings (SSSR count). The molecule has 0 aliphatic rings. The Kier molecular flexibility index (Phi) is 7.63. The van der Waals surface area contributed by atoms with Crippen LogP contribution in [-0.4, -0.2) is 32.1 Å². The summed E-state index contributed by atoms with van der Waals surface area (Å²) in [4.78, 5) is 25.7. The summed E-state index contributed by atoms with van der Waals surface area (Å²) in [5.41, 5.74) is 8.56. The highest BCUT2D eigenvalue weighted by Gasteiger charge is 2.20. The van der Waals surface area contributed by atoms with Crippen molar-refractivity contribution in [1.82, 2.24) is 20.3 Å². The molecule has 2 aromatic rings. The molecule has 8 nitrogen and oxygen atoms in total. The van der Waals surface area contributed by atoms with Crippen LogP contribution in [0.3, 0.4) is 0 Å². The van der Waals surface area contributed by atoms with Crippen LogP contribution in [0, 0.1) is 6.92 Å². The lowest BCUT2D eigenvalue weighted by atomic mass is 10.1. The molecule has 0 aromatic carbocycles. The number of pyridine rings is 1. The number of carbonyl (C=O) groups is 1. The number of allylic oxidation sites excluding steroid dienone is 1. The van der Waals surface area contributed by atoms with Gasteiger partial charge in [-0.1, -0.05) is 19.4 Å². The predicted octanol–water partition coefficient (Wildman–Crippen LogP) is 3.70. The number of nitrogens with zero attached hydrogens (tertiary/aromatic N) is 5. The average Bonchev–Trinajstić information content (AvgIpc) is 2.67. The second-order valence-corrected chi connectivity index (χ2v) is 8.06. The molecule has 2 aromatic heterocycles. The van der Waals surface area contributed by atoms with Gasteiger partial charge in [-0.15, -0.1) is 0 Å². The van der Waals surface area contributed by atoms with Crippen LogP contribution in [0.5, 0.6) is 0 Å². The van der Waals surface area contributed by atoms with Crippen LogP contribution < -0.4 is 16.1 Å². The molecule has 0 radical (unpaired) electrons. The SMILES string of the molecule is CCC/C=C(\c1cnc(C)cn1)N(/N=C(\C)C(=O)NC(C)(C)C)c1ccc(N)nc1. The molecule has 0 saturated carbocycles. The Morgan fingerprint density at radius 3 is 2.47 bits per heavy atom. The van der Waals surface area contributed by atoms with Crippen LogP contribution in [0.15, 0.2) is 41.9 Å². The normalized spacial score (nSPS) is 12.6. The lowest BCUT2D eigenvalue weighted by molar-refractivity contribution is -0.116. The van der Waals surface area contributed by atoms with Crippen molar-refractivity contribution in [3.8, 4) is 0 Å². The number of aryl methyl sites for hydroxylation is 1. The molecule has 8 heteroatoms. The van der Waals surface area contributed by atoms with E-state index in [1.165, 1.54) is 0 Å². The number of hydrogen-bond acceptors (Lipinski definition) is 7. The summed E-state index contributed by atoms with van der Waals surface area (Å²) < 4.78 is 0. The van der Waals surface area contributed by atoms with Gasteiger partial charge in [0.15, 0.2) is 0 Å². The molecule has 30 heavy (non-hydrogen) atoms. The van der Waals surface area contributed by atoms with E-state index in [1.807, 2.05) is 39.8 Å². The number of aromatic nitrogens is 3. The Labute approximate surface area is 178 Å². The minimum absolute atomic E-state index is 0.249. The fourth-order valence-electron chi connectivity index (χ4n) is 2.51. The van der Waals surface area contributed by atoms with Crippen molar-refractivity contribution in [3.05, 3.63) is 48.2 Å². The Hall–Kier alpha value is -3.29. The average molecular weight is 410 g/mol. The topological polar surface area (TPSA) is 109 Å². The summed E-state index contributed by atoms with van der Waals surface area (Å²) in [6.07, 6.45) is 8.83. The zero-order chi connectivity index (χ0) is 22.3.